The summed E-state index contributed by atoms with van der Waals surface area (Å²) < 4.78 is 53.6. The Morgan fingerprint density at radius 1 is 1.06 bits per heavy atom. The Bertz CT molecular complexity index is 980. The van der Waals surface area contributed by atoms with Crippen LogP contribution in [0.25, 0.3) is 0 Å². The van der Waals surface area contributed by atoms with E-state index in [4.69, 9.17) is 25.8 Å². The zero-order valence-electron chi connectivity index (χ0n) is 17.6. The summed E-state index contributed by atoms with van der Waals surface area (Å²) in [6.45, 7) is 0.391. The molecule has 1 aromatic heterocycles. The summed E-state index contributed by atoms with van der Waals surface area (Å²) in [5.41, 5.74) is -0.928. The largest absolute Gasteiger partial charge is 0.497 e. The number of hydrogen-bond donors (Lipinski definition) is 0. The van der Waals surface area contributed by atoms with Crippen LogP contribution in [0.5, 0.6) is 11.5 Å². The summed E-state index contributed by atoms with van der Waals surface area (Å²) in [5, 5.41) is -0.115. The Morgan fingerprint density at radius 2 is 1.70 bits per heavy atom. The van der Waals surface area contributed by atoms with Gasteiger partial charge in [-0.05, 0) is 30.3 Å². The maximum atomic E-state index is 12.8. The number of alkyl halides is 3. The first-order valence-electron chi connectivity index (χ1n) is 9.85. The number of carbonyl (C=O) groups is 2. The molecule has 178 valence electrons. The third kappa shape index (κ3) is 6.64. The summed E-state index contributed by atoms with van der Waals surface area (Å²) in [5.74, 6) is 0.231. The molecule has 0 radical (unpaired) electrons. The Labute approximate surface area is 192 Å². The number of aromatic nitrogens is 1. The Balaban J connectivity index is 1.42. The molecule has 0 aliphatic carbocycles. The van der Waals surface area contributed by atoms with Gasteiger partial charge in [0.25, 0.3) is 5.91 Å². The molecule has 2 heterocycles. The number of rotatable bonds is 7. The Hall–Kier alpha value is -3.21. The summed E-state index contributed by atoms with van der Waals surface area (Å²) in [4.78, 5) is 31.2. The van der Waals surface area contributed by atoms with Gasteiger partial charge in [-0.15, -0.1) is 0 Å². The van der Waals surface area contributed by atoms with Crippen LogP contribution in [0.1, 0.15) is 5.56 Å². The number of esters is 1. The topological polar surface area (TPSA) is 81.2 Å². The molecule has 3 rings (SSSR count). The average Bonchev–Trinajstić information content (AvgIpc) is 2.81. The number of nitrogens with zero attached hydrogens (tertiary/aromatic N) is 3. The van der Waals surface area contributed by atoms with Crippen molar-refractivity contribution in [2.24, 2.45) is 0 Å². The van der Waals surface area contributed by atoms with Crippen molar-refractivity contribution in [1.29, 1.82) is 0 Å². The molecule has 0 saturated carbocycles. The van der Waals surface area contributed by atoms with Crippen LogP contribution in [-0.2, 0) is 20.5 Å². The van der Waals surface area contributed by atoms with Crippen molar-refractivity contribution in [3.05, 3.63) is 47.1 Å². The highest BCUT2D eigenvalue weighted by Gasteiger charge is 2.32. The Morgan fingerprint density at radius 3 is 2.27 bits per heavy atom. The van der Waals surface area contributed by atoms with Crippen molar-refractivity contribution in [3.8, 4) is 11.5 Å². The van der Waals surface area contributed by atoms with E-state index in [9.17, 15) is 22.8 Å². The smallest absolute Gasteiger partial charge is 0.417 e. The lowest BCUT2D eigenvalue weighted by Gasteiger charge is -2.35. The van der Waals surface area contributed by atoms with Crippen LogP contribution in [0.15, 0.2) is 36.5 Å². The van der Waals surface area contributed by atoms with Crippen molar-refractivity contribution < 1.29 is 37.0 Å². The lowest BCUT2D eigenvalue weighted by Crippen LogP contribution is -2.50. The second-order valence-electron chi connectivity index (χ2n) is 7.02. The van der Waals surface area contributed by atoms with Crippen molar-refractivity contribution in [2.75, 3.05) is 51.4 Å². The van der Waals surface area contributed by atoms with E-state index in [1.807, 2.05) is 0 Å². The van der Waals surface area contributed by atoms with Gasteiger partial charge in [0.2, 0.25) is 0 Å². The zero-order chi connectivity index (χ0) is 24.0. The Kier molecular flexibility index (Phi) is 7.85. The molecular weight excluding hydrogens is 467 g/mol. The van der Waals surface area contributed by atoms with E-state index in [1.165, 1.54) is 12.0 Å². The van der Waals surface area contributed by atoms with Gasteiger partial charge in [0.05, 0.1) is 17.7 Å². The van der Waals surface area contributed by atoms with Crippen molar-refractivity contribution >= 4 is 29.3 Å². The van der Waals surface area contributed by atoms with Gasteiger partial charge in [-0.2, -0.15) is 13.2 Å². The number of hydrogen-bond acceptors (Lipinski definition) is 7. The maximum Gasteiger partial charge on any atom is 0.417 e. The quantitative estimate of drug-likeness (QED) is 0.555. The highest BCUT2D eigenvalue weighted by molar-refractivity contribution is 6.33. The molecule has 0 N–H and O–H groups in total. The van der Waals surface area contributed by atoms with Crippen molar-refractivity contribution in [3.63, 3.8) is 0 Å². The normalized spacial score (nSPS) is 14.1. The number of ether oxygens (including phenoxy) is 3. The van der Waals surface area contributed by atoms with Crippen LogP contribution < -0.4 is 14.4 Å². The molecule has 0 spiro atoms. The van der Waals surface area contributed by atoms with Crippen LogP contribution in [-0.4, -0.2) is 68.3 Å². The summed E-state index contributed by atoms with van der Waals surface area (Å²) in [7, 11) is 1.53. The minimum absolute atomic E-state index is 0.115. The highest BCUT2D eigenvalue weighted by atomic mass is 35.5. The van der Waals surface area contributed by atoms with E-state index in [2.05, 4.69) is 4.98 Å². The molecule has 1 amide bonds. The molecule has 0 unspecified atom stereocenters. The number of amides is 1. The third-order valence-corrected chi connectivity index (χ3v) is 5.13. The second-order valence-corrected chi connectivity index (χ2v) is 7.43. The van der Waals surface area contributed by atoms with Crippen LogP contribution in [0.2, 0.25) is 5.02 Å². The molecule has 0 bridgehead atoms. The number of carbonyl (C=O) groups excluding carboxylic acids is 2. The first kappa shape index (κ1) is 24.4. The summed E-state index contributed by atoms with van der Waals surface area (Å²) >= 11 is 5.98. The van der Waals surface area contributed by atoms with E-state index in [0.29, 0.717) is 24.6 Å². The number of pyridine rings is 1. The maximum absolute atomic E-state index is 12.8. The van der Waals surface area contributed by atoms with Gasteiger partial charge in [0.15, 0.2) is 13.2 Å². The fourth-order valence-corrected chi connectivity index (χ4v) is 3.36. The molecule has 1 aromatic carbocycles. The highest BCUT2D eigenvalue weighted by Crippen LogP contribution is 2.33. The number of benzene rings is 1. The number of piperazine rings is 1. The summed E-state index contributed by atoms with van der Waals surface area (Å²) in [6, 6.07) is 7.45. The van der Waals surface area contributed by atoms with Crippen LogP contribution in [0.4, 0.5) is 19.0 Å². The molecule has 1 saturated heterocycles. The van der Waals surface area contributed by atoms with Crippen molar-refractivity contribution in [2.45, 2.75) is 6.18 Å². The number of halogens is 4. The van der Waals surface area contributed by atoms with E-state index in [-0.39, 0.29) is 36.4 Å². The minimum atomic E-state index is -4.53. The summed E-state index contributed by atoms with van der Waals surface area (Å²) in [6.07, 6.45) is -3.80. The van der Waals surface area contributed by atoms with Crippen molar-refractivity contribution in [1.82, 2.24) is 9.88 Å². The molecule has 2 aromatic rings. The molecule has 33 heavy (non-hydrogen) atoms. The van der Waals surface area contributed by atoms with Crippen LogP contribution >= 0.6 is 11.6 Å². The molecule has 0 atom stereocenters. The minimum Gasteiger partial charge on any atom is -0.497 e. The number of anilines is 1. The lowest BCUT2D eigenvalue weighted by atomic mass is 10.2. The predicted molar refractivity (Wildman–Crippen MR) is 112 cm³/mol. The SMILES string of the molecule is COc1ccc(OCC(=O)OCC(=O)N2CCN(c3ncc(C(F)(F)F)cc3Cl)CC2)cc1. The third-order valence-electron chi connectivity index (χ3n) is 4.85. The molecule has 1 aliphatic rings. The zero-order valence-corrected chi connectivity index (χ0v) is 18.4. The van der Waals surface area contributed by atoms with Gasteiger partial charge in [-0.1, -0.05) is 11.6 Å². The van der Waals surface area contributed by atoms with E-state index in [1.54, 1.807) is 29.2 Å². The van der Waals surface area contributed by atoms with Gasteiger partial charge in [-0.3, -0.25) is 4.79 Å². The first-order chi connectivity index (χ1) is 15.7. The molecule has 1 aliphatic heterocycles. The van der Waals surface area contributed by atoms with E-state index < -0.39 is 24.3 Å². The molecular formula is C21H21ClF3N3O5. The van der Waals surface area contributed by atoms with Crippen LogP contribution in [0.3, 0.4) is 0 Å². The van der Waals surface area contributed by atoms with Gasteiger partial charge in [-0.25, -0.2) is 9.78 Å². The molecule has 1 fully saturated rings. The lowest BCUT2D eigenvalue weighted by molar-refractivity contribution is -0.153. The van der Waals surface area contributed by atoms with Gasteiger partial charge in [0.1, 0.15) is 17.3 Å². The predicted octanol–water partition coefficient (Wildman–Crippen LogP) is 3.03. The standard InChI is InChI=1S/C21H21ClF3N3O5/c1-31-15-2-4-16(5-3-15)32-13-19(30)33-12-18(29)27-6-8-28(9-7-27)20-17(22)10-14(11-26-20)21(23,24)25/h2-5,10-11H,6-9,12-13H2,1H3. The van der Waals surface area contributed by atoms with Gasteiger partial charge < -0.3 is 24.0 Å². The monoisotopic (exact) mass is 487 g/mol. The van der Waals surface area contributed by atoms with Crippen LogP contribution in [0, 0.1) is 0 Å². The average molecular weight is 488 g/mol. The number of methoxy groups -OCH3 is 1. The fraction of sp³-hybridized carbons (Fsp3) is 0.381. The second kappa shape index (κ2) is 10.6. The van der Waals surface area contributed by atoms with E-state index in [0.717, 1.165) is 12.3 Å². The van der Waals surface area contributed by atoms with Gasteiger partial charge >= 0.3 is 12.1 Å². The first-order valence-corrected chi connectivity index (χ1v) is 10.2. The molecule has 12 heteroatoms. The van der Waals surface area contributed by atoms with Gasteiger partial charge in [0, 0.05) is 32.4 Å². The molecule has 8 nitrogen and oxygen atoms in total. The fourth-order valence-electron chi connectivity index (χ4n) is 3.08. The van der Waals surface area contributed by atoms with E-state index >= 15 is 0 Å².